The monoisotopic (exact) mass is 687 g/mol. The number of halogens is 1. The fourth-order valence-corrected chi connectivity index (χ4v) is 8.27. The molecule has 3 heterocycles. The van der Waals surface area contributed by atoms with Crippen molar-refractivity contribution in [3.8, 4) is 17.2 Å². The number of carbonyl (C=O) groups excluding carboxylic acids is 2. The third-order valence-corrected chi connectivity index (χ3v) is 10.7. The lowest BCUT2D eigenvalue weighted by atomic mass is 9.51. The summed E-state index contributed by atoms with van der Waals surface area (Å²) in [7, 11) is 4.59. The Morgan fingerprint density at radius 3 is 2.47 bits per heavy atom. The molecule has 13 nitrogen and oxygen atoms in total. The molecule has 0 amide bonds. The third-order valence-electron chi connectivity index (χ3n) is 10.5. The SMILES string of the molecule is COc1cc2nc(CCn3c(=O)n4n(c3=O)[C@@H]3C[C@H]5C(=O)C=C(C)C(=O)[C@@]5(C)[C@@H](c5cc(Cl)ccc5O)C3=CC4)c(=O)n(C)c2cc1OC. The number of benzene rings is 2. The van der Waals surface area contributed by atoms with Crippen LogP contribution in [0, 0.1) is 11.3 Å². The van der Waals surface area contributed by atoms with Gasteiger partial charge in [0.15, 0.2) is 23.1 Å². The van der Waals surface area contributed by atoms with Gasteiger partial charge in [-0.05, 0) is 48.8 Å². The van der Waals surface area contributed by atoms with Crippen molar-refractivity contribution in [3.63, 3.8) is 0 Å². The molecular formula is C35H34ClN5O8. The van der Waals surface area contributed by atoms with E-state index in [1.807, 2.05) is 0 Å². The van der Waals surface area contributed by atoms with Crippen LogP contribution in [0.2, 0.25) is 5.02 Å². The van der Waals surface area contributed by atoms with Gasteiger partial charge in [0.1, 0.15) is 11.4 Å². The van der Waals surface area contributed by atoms with E-state index in [0.29, 0.717) is 44.3 Å². The number of aromatic nitrogens is 5. The lowest BCUT2D eigenvalue weighted by molar-refractivity contribution is -0.139. The molecule has 1 saturated carbocycles. The van der Waals surface area contributed by atoms with Crippen molar-refractivity contribution >= 4 is 34.2 Å². The number of hydrogen-bond acceptors (Lipinski definition) is 9. The minimum Gasteiger partial charge on any atom is -0.508 e. The molecule has 0 saturated heterocycles. The lowest BCUT2D eigenvalue weighted by Gasteiger charge is -2.52. The summed E-state index contributed by atoms with van der Waals surface area (Å²) in [4.78, 5) is 73.3. The van der Waals surface area contributed by atoms with Crippen molar-refractivity contribution in [2.75, 3.05) is 14.2 Å². The summed E-state index contributed by atoms with van der Waals surface area (Å²) in [5.74, 6) is -1.37. The highest BCUT2D eigenvalue weighted by Crippen LogP contribution is 2.60. The van der Waals surface area contributed by atoms with Gasteiger partial charge in [0, 0.05) is 54.6 Å². The molecule has 2 aromatic carbocycles. The Kier molecular flexibility index (Phi) is 7.58. The highest BCUT2D eigenvalue weighted by molar-refractivity contribution is 6.30. The number of fused-ring (bicyclic) bond motifs is 5. The second-order valence-corrected chi connectivity index (χ2v) is 13.4. The first-order valence-electron chi connectivity index (χ1n) is 15.8. The molecule has 4 atom stereocenters. The maximum absolute atomic E-state index is 14.1. The second-order valence-electron chi connectivity index (χ2n) is 13.0. The molecule has 1 aliphatic heterocycles. The Morgan fingerprint density at radius 2 is 1.76 bits per heavy atom. The maximum Gasteiger partial charge on any atom is 0.347 e. The summed E-state index contributed by atoms with van der Waals surface area (Å²) in [6, 6.07) is 7.09. The summed E-state index contributed by atoms with van der Waals surface area (Å²) >= 11 is 6.38. The number of carbonyl (C=O) groups is 2. The molecule has 2 aromatic heterocycles. The molecular weight excluding hydrogens is 654 g/mol. The number of aryl methyl sites for hydroxylation is 2. The van der Waals surface area contributed by atoms with Gasteiger partial charge >= 0.3 is 11.4 Å². The van der Waals surface area contributed by atoms with E-state index < -0.39 is 34.7 Å². The van der Waals surface area contributed by atoms with Gasteiger partial charge in [-0.1, -0.05) is 24.6 Å². The zero-order chi connectivity index (χ0) is 35.1. The molecule has 4 aromatic rings. The summed E-state index contributed by atoms with van der Waals surface area (Å²) in [5, 5.41) is 11.4. The molecule has 2 aliphatic carbocycles. The highest BCUT2D eigenvalue weighted by atomic mass is 35.5. The summed E-state index contributed by atoms with van der Waals surface area (Å²) in [5.41, 5.74) is -0.401. The van der Waals surface area contributed by atoms with Crippen LogP contribution >= 0.6 is 11.6 Å². The normalized spacial score (nSPS) is 23.0. The van der Waals surface area contributed by atoms with Crippen LogP contribution in [-0.2, 0) is 36.1 Å². The Morgan fingerprint density at radius 1 is 1.04 bits per heavy atom. The summed E-state index contributed by atoms with van der Waals surface area (Å²) < 4.78 is 15.9. The van der Waals surface area contributed by atoms with E-state index in [9.17, 15) is 29.1 Å². The fraction of sp³-hybridized carbons (Fsp3) is 0.371. The first-order chi connectivity index (χ1) is 23.3. The van der Waals surface area contributed by atoms with Crippen molar-refractivity contribution in [1.82, 2.24) is 23.5 Å². The third kappa shape index (κ3) is 4.66. The highest BCUT2D eigenvalue weighted by Gasteiger charge is 2.60. The van der Waals surface area contributed by atoms with E-state index in [-0.39, 0.29) is 54.5 Å². The van der Waals surface area contributed by atoms with Gasteiger partial charge in [-0.25, -0.2) is 28.5 Å². The summed E-state index contributed by atoms with van der Waals surface area (Å²) in [6.07, 6.45) is 3.22. The van der Waals surface area contributed by atoms with Crippen LogP contribution in [-0.4, -0.2) is 54.4 Å². The van der Waals surface area contributed by atoms with Gasteiger partial charge in [0.25, 0.3) is 5.56 Å². The van der Waals surface area contributed by atoms with Crippen molar-refractivity contribution in [1.29, 1.82) is 0 Å². The van der Waals surface area contributed by atoms with Gasteiger partial charge in [-0.3, -0.25) is 14.4 Å². The molecule has 0 bridgehead atoms. The fourth-order valence-electron chi connectivity index (χ4n) is 8.09. The van der Waals surface area contributed by atoms with Gasteiger partial charge < -0.3 is 19.1 Å². The first kappa shape index (κ1) is 32.4. The Labute approximate surface area is 284 Å². The van der Waals surface area contributed by atoms with Crippen LogP contribution in [0.1, 0.15) is 43.5 Å². The van der Waals surface area contributed by atoms with E-state index >= 15 is 0 Å². The zero-order valence-corrected chi connectivity index (χ0v) is 28.3. The van der Waals surface area contributed by atoms with E-state index in [1.54, 1.807) is 45.2 Å². The van der Waals surface area contributed by atoms with E-state index in [1.165, 1.54) is 46.4 Å². The number of ether oxygens (including phenoxy) is 2. The van der Waals surface area contributed by atoms with Crippen molar-refractivity contribution < 1.29 is 24.2 Å². The maximum atomic E-state index is 14.1. The molecule has 254 valence electrons. The largest absolute Gasteiger partial charge is 0.508 e. The molecule has 7 rings (SSSR count). The van der Waals surface area contributed by atoms with Crippen LogP contribution in [0.4, 0.5) is 0 Å². The minimum absolute atomic E-state index is 0.0139. The number of rotatable bonds is 6. The first-order valence-corrected chi connectivity index (χ1v) is 16.2. The number of phenols is 1. The average molecular weight is 688 g/mol. The zero-order valence-electron chi connectivity index (χ0n) is 27.5. The number of hydrogen-bond donors (Lipinski definition) is 1. The molecule has 0 spiro atoms. The van der Waals surface area contributed by atoms with Crippen LogP contribution in [0.5, 0.6) is 17.2 Å². The van der Waals surface area contributed by atoms with Crippen LogP contribution in [0.25, 0.3) is 11.0 Å². The van der Waals surface area contributed by atoms with E-state index in [0.717, 1.165) is 4.57 Å². The molecule has 1 fully saturated rings. The molecule has 3 aliphatic rings. The molecule has 0 unspecified atom stereocenters. The van der Waals surface area contributed by atoms with E-state index in [2.05, 4.69) is 4.98 Å². The lowest BCUT2D eigenvalue weighted by Crippen LogP contribution is -2.54. The van der Waals surface area contributed by atoms with Crippen LogP contribution < -0.4 is 26.4 Å². The number of ketones is 2. The van der Waals surface area contributed by atoms with Gasteiger partial charge in [-0.15, -0.1) is 0 Å². The van der Waals surface area contributed by atoms with Gasteiger partial charge in [0.05, 0.1) is 43.3 Å². The Bertz CT molecular complexity index is 2360. The molecule has 49 heavy (non-hydrogen) atoms. The number of phenolic OH excluding ortho intramolecular Hbond substituents is 1. The number of methoxy groups -OCH3 is 2. The second kappa shape index (κ2) is 11.5. The number of Topliss-reactive ketones (excluding diaryl/α,β-unsaturated/α-hetero) is 1. The predicted molar refractivity (Wildman–Crippen MR) is 180 cm³/mol. The Balaban J connectivity index is 1.31. The molecule has 14 heteroatoms. The Hall–Kier alpha value is -5.17. The van der Waals surface area contributed by atoms with Gasteiger partial charge in [0.2, 0.25) is 0 Å². The van der Waals surface area contributed by atoms with Crippen molar-refractivity contribution in [3.05, 3.63) is 101 Å². The van der Waals surface area contributed by atoms with Crippen LogP contribution in [0.3, 0.4) is 0 Å². The van der Waals surface area contributed by atoms with Crippen LogP contribution in [0.15, 0.2) is 68.0 Å². The minimum atomic E-state index is -1.27. The topological polar surface area (TPSA) is 157 Å². The van der Waals surface area contributed by atoms with Crippen molar-refractivity contribution in [2.45, 2.75) is 51.7 Å². The standard InChI is InChI=1S/C35H34ClN5O8/c1-17-12-27(43)21-14-24-19(30(35(21,2)31(17)44)20-13-18(36)6-7-26(20)42)8-11-40-33(46)39(34(47)41(24)40)10-9-22-32(45)38(3)25-16-29(49-5)28(48-4)15-23(25)37-22/h6-8,12-13,15-16,21,24,30,42H,9-11,14H2,1-5H3/t21-,24+,30+,35+/m0/s1. The molecule has 1 N–H and O–H groups in total. The number of nitrogens with zero attached hydrogens (tertiary/aromatic N) is 5. The summed E-state index contributed by atoms with van der Waals surface area (Å²) in [6.45, 7) is 3.22. The number of allylic oxidation sites excluding steroid dienone is 4. The number of aromatic hydroxyl groups is 1. The van der Waals surface area contributed by atoms with Crippen molar-refractivity contribution in [2.24, 2.45) is 18.4 Å². The average Bonchev–Trinajstić information content (AvgIpc) is 3.33. The van der Waals surface area contributed by atoms with Gasteiger partial charge in [-0.2, -0.15) is 0 Å². The molecule has 0 radical (unpaired) electrons. The quantitative estimate of drug-likeness (QED) is 0.301. The predicted octanol–water partition coefficient (Wildman–Crippen LogP) is 3.07. The van der Waals surface area contributed by atoms with E-state index in [4.69, 9.17) is 21.1 Å². The smallest absolute Gasteiger partial charge is 0.347 e.